The van der Waals surface area contributed by atoms with E-state index in [-0.39, 0.29) is 0 Å². The lowest BCUT2D eigenvalue weighted by Crippen LogP contribution is -2.11. The largest absolute Gasteiger partial charge is 0.366 e. The van der Waals surface area contributed by atoms with Gasteiger partial charge in [0, 0.05) is 22.4 Å². The third-order valence-electron chi connectivity index (χ3n) is 2.23. The molecule has 1 aromatic heterocycles. The summed E-state index contributed by atoms with van der Waals surface area (Å²) < 4.78 is 0.696. The van der Waals surface area contributed by atoms with Gasteiger partial charge >= 0.3 is 0 Å². The fraction of sp³-hybridized carbons (Fsp3) is 0. The molecule has 2 rings (SSSR count). The van der Waals surface area contributed by atoms with Crippen LogP contribution in [0.15, 0.2) is 47.2 Å². The lowest BCUT2D eigenvalue weighted by Gasteiger charge is -2.04. The summed E-state index contributed by atoms with van der Waals surface area (Å²) >= 11 is 3.32. The average molecular weight is 277 g/mol. The minimum absolute atomic E-state index is 0.440. The molecule has 2 aromatic rings. The SMILES string of the molecule is NC(=O)c1ccc(-c2cccnc2)cc1Br. The second-order valence-corrected chi connectivity index (χ2v) is 4.15. The Morgan fingerprint density at radius 2 is 2.06 bits per heavy atom. The van der Waals surface area contributed by atoms with Crippen molar-refractivity contribution in [2.24, 2.45) is 5.73 Å². The fourth-order valence-corrected chi connectivity index (χ4v) is 2.00. The normalized spacial score (nSPS) is 10.1. The maximum atomic E-state index is 11.0. The maximum Gasteiger partial charge on any atom is 0.249 e. The summed E-state index contributed by atoms with van der Waals surface area (Å²) in [6, 6.07) is 9.23. The van der Waals surface area contributed by atoms with E-state index in [4.69, 9.17) is 5.73 Å². The molecule has 80 valence electrons. The van der Waals surface area contributed by atoms with Crippen LogP contribution in [0.4, 0.5) is 0 Å². The van der Waals surface area contributed by atoms with Gasteiger partial charge in [0.1, 0.15) is 0 Å². The van der Waals surface area contributed by atoms with E-state index in [1.165, 1.54) is 0 Å². The van der Waals surface area contributed by atoms with Gasteiger partial charge in [-0.05, 0) is 39.7 Å². The number of carbonyl (C=O) groups excluding carboxylic acids is 1. The highest BCUT2D eigenvalue weighted by atomic mass is 79.9. The molecule has 0 atom stereocenters. The zero-order valence-corrected chi connectivity index (χ0v) is 9.94. The molecule has 0 spiro atoms. The molecule has 2 N–H and O–H groups in total. The molecule has 16 heavy (non-hydrogen) atoms. The van der Waals surface area contributed by atoms with Gasteiger partial charge < -0.3 is 5.73 Å². The van der Waals surface area contributed by atoms with E-state index in [0.29, 0.717) is 10.0 Å². The molecular formula is C12H9BrN2O. The highest BCUT2D eigenvalue weighted by molar-refractivity contribution is 9.10. The second-order valence-electron chi connectivity index (χ2n) is 3.30. The summed E-state index contributed by atoms with van der Waals surface area (Å²) in [6.45, 7) is 0. The van der Waals surface area contributed by atoms with E-state index >= 15 is 0 Å². The number of benzene rings is 1. The Labute approximate surface area is 101 Å². The molecule has 0 aliphatic carbocycles. The van der Waals surface area contributed by atoms with Crippen LogP contribution >= 0.6 is 15.9 Å². The van der Waals surface area contributed by atoms with Gasteiger partial charge in [0.25, 0.3) is 0 Å². The fourth-order valence-electron chi connectivity index (χ4n) is 1.43. The number of halogens is 1. The topological polar surface area (TPSA) is 56.0 Å². The van der Waals surface area contributed by atoms with Crippen LogP contribution in [0.25, 0.3) is 11.1 Å². The van der Waals surface area contributed by atoms with E-state index < -0.39 is 5.91 Å². The first kappa shape index (κ1) is 10.8. The zero-order chi connectivity index (χ0) is 11.5. The minimum Gasteiger partial charge on any atom is -0.366 e. The summed E-state index contributed by atoms with van der Waals surface area (Å²) in [4.78, 5) is 15.1. The number of primary amides is 1. The van der Waals surface area contributed by atoms with Crippen molar-refractivity contribution in [3.8, 4) is 11.1 Å². The summed E-state index contributed by atoms with van der Waals surface area (Å²) in [6.07, 6.45) is 3.49. The number of carbonyl (C=O) groups is 1. The van der Waals surface area contributed by atoms with Gasteiger partial charge in [-0.1, -0.05) is 12.1 Å². The number of rotatable bonds is 2. The van der Waals surface area contributed by atoms with Gasteiger partial charge in [-0.3, -0.25) is 9.78 Å². The first-order valence-corrected chi connectivity index (χ1v) is 5.47. The van der Waals surface area contributed by atoms with Gasteiger partial charge in [0.05, 0.1) is 5.56 Å². The predicted molar refractivity (Wildman–Crippen MR) is 65.9 cm³/mol. The third kappa shape index (κ3) is 2.12. The summed E-state index contributed by atoms with van der Waals surface area (Å²) in [5.74, 6) is -0.440. The number of hydrogen-bond donors (Lipinski definition) is 1. The summed E-state index contributed by atoms with van der Waals surface area (Å²) in [5.41, 5.74) is 7.69. The third-order valence-corrected chi connectivity index (χ3v) is 2.89. The van der Waals surface area contributed by atoms with E-state index in [2.05, 4.69) is 20.9 Å². The molecule has 4 heteroatoms. The molecule has 3 nitrogen and oxygen atoms in total. The van der Waals surface area contributed by atoms with Gasteiger partial charge in [-0.25, -0.2) is 0 Å². The van der Waals surface area contributed by atoms with Crippen molar-refractivity contribution in [2.75, 3.05) is 0 Å². The van der Waals surface area contributed by atoms with Crippen molar-refractivity contribution in [1.29, 1.82) is 0 Å². The zero-order valence-electron chi connectivity index (χ0n) is 8.35. The number of pyridine rings is 1. The Morgan fingerprint density at radius 3 is 2.62 bits per heavy atom. The van der Waals surface area contributed by atoms with Crippen LogP contribution in [-0.4, -0.2) is 10.9 Å². The Morgan fingerprint density at radius 1 is 1.25 bits per heavy atom. The average Bonchev–Trinajstić information content (AvgIpc) is 2.29. The molecule has 1 amide bonds. The lowest BCUT2D eigenvalue weighted by molar-refractivity contribution is 0.0999. The molecule has 0 fully saturated rings. The van der Waals surface area contributed by atoms with Crippen molar-refractivity contribution in [1.82, 2.24) is 4.98 Å². The van der Waals surface area contributed by atoms with Crippen LogP contribution in [-0.2, 0) is 0 Å². The van der Waals surface area contributed by atoms with Crippen molar-refractivity contribution in [3.05, 3.63) is 52.8 Å². The summed E-state index contributed by atoms with van der Waals surface area (Å²) in [5, 5.41) is 0. The number of nitrogens with zero attached hydrogens (tertiary/aromatic N) is 1. The van der Waals surface area contributed by atoms with Gasteiger partial charge in [0.15, 0.2) is 0 Å². The van der Waals surface area contributed by atoms with Gasteiger partial charge in [-0.2, -0.15) is 0 Å². The number of amides is 1. The van der Waals surface area contributed by atoms with Crippen molar-refractivity contribution in [3.63, 3.8) is 0 Å². The molecule has 0 radical (unpaired) electrons. The standard InChI is InChI=1S/C12H9BrN2O/c13-11-6-8(3-4-10(11)12(14)16)9-2-1-5-15-7-9/h1-7H,(H2,14,16). The first-order valence-electron chi connectivity index (χ1n) is 4.68. The molecule has 0 aliphatic heterocycles. The molecule has 0 saturated heterocycles. The van der Waals surface area contributed by atoms with Gasteiger partial charge in [-0.15, -0.1) is 0 Å². The van der Waals surface area contributed by atoms with E-state index in [0.717, 1.165) is 11.1 Å². The van der Waals surface area contributed by atoms with Crippen LogP contribution in [0.5, 0.6) is 0 Å². The molecule has 1 aromatic carbocycles. The maximum absolute atomic E-state index is 11.0. The smallest absolute Gasteiger partial charge is 0.249 e. The minimum atomic E-state index is -0.440. The molecule has 1 heterocycles. The lowest BCUT2D eigenvalue weighted by atomic mass is 10.1. The van der Waals surface area contributed by atoms with Crippen LogP contribution in [0.1, 0.15) is 10.4 Å². The van der Waals surface area contributed by atoms with Crippen LogP contribution in [0, 0.1) is 0 Å². The van der Waals surface area contributed by atoms with Crippen molar-refractivity contribution in [2.45, 2.75) is 0 Å². The molecule has 0 aliphatic rings. The molecule has 0 saturated carbocycles. The Hall–Kier alpha value is -1.68. The molecule has 0 bridgehead atoms. The summed E-state index contributed by atoms with van der Waals surface area (Å²) in [7, 11) is 0. The van der Waals surface area contributed by atoms with Crippen LogP contribution in [0.3, 0.4) is 0 Å². The Balaban J connectivity index is 2.46. The van der Waals surface area contributed by atoms with E-state index in [9.17, 15) is 4.79 Å². The second kappa shape index (κ2) is 4.45. The highest BCUT2D eigenvalue weighted by Gasteiger charge is 2.07. The van der Waals surface area contributed by atoms with Crippen LogP contribution < -0.4 is 5.73 Å². The molecular weight excluding hydrogens is 268 g/mol. The van der Waals surface area contributed by atoms with E-state index in [1.807, 2.05) is 24.3 Å². The Bertz CT molecular complexity index is 526. The number of aromatic nitrogens is 1. The van der Waals surface area contributed by atoms with Crippen LogP contribution in [0.2, 0.25) is 0 Å². The van der Waals surface area contributed by atoms with Gasteiger partial charge in [0.2, 0.25) is 5.91 Å². The first-order chi connectivity index (χ1) is 7.68. The predicted octanol–water partition coefficient (Wildman–Crippen LogP) is 2.61. The number of hydrogen-bond acceptors (Lipinski definition) is 2. The van der Waals surface area contributed by atoms with Crippen molar-refractivity contribution >= 4 is 21.8 Å². The quantitative estimate of drug-likeness (QED) is 0.917. The highest BCUT2D eigenvalue weighted by Crippen LogP contribution is 2.25. The number of nitrogens with two attached hydrogens (primary N) is 1. The van der Waals surface area contributed by atoms with Crippen molar-refractivity contribution < 1.29 is 4.79 Å². The monoisotopic (exact) mass is 276 g/mol. The Kier molecular flexibility index (Phi) is 3.01. The molecule has 0 unspecified atom stereocenters. The van der Waals surface area contributed by atoms with E-state index in [1.54, 1.807) is 18.5 Å².